The van der Waals surface area contributed by atoms with Crippen LogP contribution in [0.4, 0.5) is 0 Å². The average molecular weight is 591 g/mol. The molecule has 0 fully saturated rings. The summed E-state index contributed by atoms with van der Waals surface area (Å²) in [6.07, 6.45) is 9.69. The lowest BCUT2D eigenvalue weighted by Gasteiger charge is -2.01. The summed E-state index contributed by atoms with van der Waals surface area (Å²) < 4.78 is 1.32. The summed E-state index contributed by atoms with van der Waals surface area (Å²) in [6, 6.07) is 29.8. The first-order valence-corrected chi connectivity index (χ1v) is 11.1. The van der Waals surface area contributed by atoms with E-state index in [-0.39, 0.29) is 52.0 Å². The molecular formula is C34H55I. The van der Waals surface area contributed by atoms with E-state index < -0.39 is 0 Å². The van der Waals surface area contributed by atoms with Crippen LogP contribution in [0, 0.1) is 3.57 Å². The molecule has 0 aliphatic rings. The van der Waals surface area contributed by atoms with E-state index in [1.807, 2.05) is 0 Å². The van der Waals surface area contributed by atoms with Crippen LogP contribution < -0.4 is 0 Å². The van der Waals surface area contributed by atoms with Crippen LogP contribution >= 0.6 is 22.6 Å². The van der Waals surface area contributed by atoms with Crippen LogP contribution in [0.25, 0.3) is 27.6 Å². The second kappa shape index (κ2) is 23.6. The highest BCUT2D eigenvalue weighted by Gasteiger charge is 1.95. The fraction of sp³-hybridized carbons (Fsp3) is 0.353. The smallest absolute Gasteiger partial charge is 0.0208 e. The first-order chi connectivity index (χ1) is 13.8. The van der Waals surface area contributed by atoms with Crippen molar-refractivity contribution in [3.8, 4) is 0 Å². The van der Waals surface area contributed by atoms with Gasteiger partial charge in [-0.15, -0.1) is 0 Å². The molecule has 0 heterocycles. The molecule has 4 aromatic rings. The molecule has 198 valence electrons. The zero-order valence-electron chi connectivity index (χ0n) is 16.4. The van der Waals surface area contributed by atoms with Gasteiger partial charge in [0.25, 0.3) is 0 Å². The molecular weight excluding hydrogens is 535 g/mol. The molecule has 0 amide bonds. The number of unbranched alkanes of at least 4 members (excludes halogenated alkanes) is 3. The molecule has 0 aromatic heterocycles. The predicted octanol–water partition coefficient (Wildman–Crippen LogP) is 13.3. The lowest BCUT2D eigenvalue weighted by atomic mass is 10.0. The quantitative estimate of drug-likeness (QED) is 0.160. The lowest BCUT2D eigenvalue weighted by molar-refractivity contribution is 0.730. The second-order valence-electron chi connectivity index (χ2n) is 6.93. The van der Waals surface area contributed by atoms with Gasteiger partial charge in [0.1, 0.15) is 0 Å². The van der Waals surface area contributed by atoms with E-state index >= 15 is 0 Å². The van der Waals surface area contributed by atoms with Gasteiger partial charge in [-0.25, -0.2) is 0 Å². The van der Waals surface area contributed by atoms with Crippen LogP contribution in [0.1, 0.15) is 90.2 Å². The molecule has 0 aliphatic carbocycles. The number of allylic oxidation sites excluding steroid dienone is 1. The van der Waals surface area contributed by atoms with E-state index in [2.05, 4.69) is 127 Å². The van der Waals surface area contributed by atoms with Crippen molar-refractivity contribution in [1.82, 2.24) is 0 Å². The van der Waals surface area contributed by atoms with Crippen LogP contribution in [0.5, 0.6) is 0 Å². The third-order valence-electron chi connectivity index (χ3n) is 4.83. The second-order valence-corrected chi connectivity index (χ2v) is 8.09. The van der Waals surface area contributed by atoms with Gasteiger partial charge in [-0.05, 0) is 68.6 Å². The number of benzene rings is 4. The lowest BCUT2D eigenvalue weighted by Crippen LogP contribution is -1.77. The number of halogens is 1. The maximum absolute atomic E-state index is 2.36. The minimum Gasteiger partial charge on any atom is -0.0839 e. The third kappa shape index (κ3) is 12.9. The Bertz CT molecular complexity index is 1040. The Morgan fingerprint density at radius 3 is 1.63 bits per heavy atom. The van der Waals surface area contributed by atoms with Gasteiger partial charge in [0, 0.05) is 3.57 Å². The molecule has 0 unspecified atom stereocenters. The molecule has 0 saturated carbocycles. The first-order valence-electron chi connectivity index (χ1n) is 10.1. The van der Waals surface area contributed by atoms with Gasteiger partial charge in [-0.3, -0.25) is 0 Å². The Kier molecular flexibility index (Phi) is 29.0. The molecule has 1 heteroatoms. The van der Waals surface area contributed by atoms with Crippen molar-refractivity contribution in [2.75, 3.05) is 0 Å². The maximum atomic E-state index is 2.36. The van der Waals surface area contributed by atoms with Crippen molar-refractivity contribution in [3.05, 3.63) is 100 Å². The molecule has 0 saturated heterocycles. The zero-order chi connectivity index (χ0) is 19.6. The van der Waals surface area contributed by atoms with Crippen molar-refractivity contribution < 1.29 is 0 Å². The minimum absolute atomic E-state index is 0. The van der Waals surface area contributed by atoms with Gasteiger partial charge in [0.2, 0.25) is 0 Å². The molecule has 4 aromatic carbocycles. The highest BCUT2D eigenvalue weighted by molar-refractivity contribution is 14.1. The van der Waals surface area contributed by atoms with Crippen molar-refractivity contribution >= 4 is 50.2 Å². The fourth-order valence-corrected chi connectivity index (χ4v) is 4.00. The summed E-state index contributed by atoms with van der Waals surface area (Å²) in [4.78, 5) is 0. The molecule has 0 radical (unpaired) electrons. The molecule has 35 heavy (non-hydrogen) atoms. The van der Waals surface area contributed by atoms with Crippen molar-refractivity contribution in [2.24, 2.45) is 0 Å². The summed E-state index contributed by atoms with van der Waals surface area (Å²) in [6.45, 7) is 2.24. The summed E-state index contributed by atoms with van der Waals surface area (Å²) >= 11 is 2.36. The van der Waals surface area contributed by atoms with E-state index in [0.717, 1.165) is 0 Å². The third-order valence-corrected chi connectivity index (χ3v) is 5.77. The number of hydrogen-bond donors (Lipinski definition) is 0. The van der Waals surface area contributed by atoms with Gasteiger partial charge in [-0.1, -0.05) is 163 Å². The van der Waals surface area contributed by atoms with Gasteiger partial charge in [0.15, 0.2) is 0 Å². The standard InChI is InChI=1S/C17H20.C10H7I.7CH4/c1-2-3-4-5-6-10-15-12-9-13-16-11-7-8-14-17(15)16;11-10-7-3-5-8-4-1-2-6-9(8)10;;;;;;;/h6-14H,2-5H2,1H3;1-7H;7*1H4/b10-6+;;;;;;;;. The Morgan fingerprint density at radius 1 is 0.571 bits per heavy atom. The molecule has 4 rings (SSSR count). The van der Waals surface area contributed by atoms with Crippen LogP contribution in [0.2, 0.25) is 0 Å². The van der Waals surface area contributed by atoms with Crippen molar-refractivity contribution in [3.63, 3.8) is 0 Å². The highest BCUT2D eigenvalue weighted by atomic mass is 127. The largest absolute Gasteiger partial charge is 0.0839 e. The molecule has 0 atom stereocenters. The summed E-state index contributed by atoms with van der Waals surface area (Å²) in [5.41, 5.74) is 1.33. The highest BCUT2D eigenvalue weighted by Crippen LogP contribution is 2.20. The fourth-order valence-electron chi connectivity index (χ4n) is 3.30. The number of fused-ring (bicyclic) bond motifs is 2. The molecule has 0 nitrogen and oxygen atoms in total. The van der Waals surface area contributed by atoms with E-state index in [1.54, 1.807) is 0 Å². The molecule has 0 aliphatic heterocycles. The molecule has 0 N–H and O–H groups in total. The van der Waals surface area contributed by atoms with E-state index in [4.69, 9.17) is 0 Å². The Hall–Kier alpha value is -2.13. The number of rotatable bonds is 5. The summed E-state index contributed by atoms with van der Waals surface area (Å²) in [5, 5.41) is 5.33. The monoisotopic (exact) mass is 590 g/mol. The predicted molar refractivity (Wildman–Crippen MR) is 181 cm³/mol. The van der Waals surface area contributed by atoms with E-state index in [9.17, 15) is 0 Å². The first kappa shape index (κ1) is 43.0. The van der Waals surface area contributed by atoms with Crippen LogP contribution in [0.3, 0.4) is 0 Å². The number of hydrogen-bond acceptors (Lipinski definition) is 0. The SMILES string of the molecule is C.C.C.C.C.C.C.CCCCC/C=C/c1cccc2ccccc12.Ic1cccc2ccccc12. The van der Waals surface area contributed by atoms with Crippen molar-refractivity contribution in [2.45, 2.75) is 84.6 Å². The van der Waals surface area contributed by atoms with Crippen LogP contribution in [-0.2, 0) is 0 Å². The van der Waals surface area contributed by atoms with Gasteiger partial charge < -0.3 is 0 Å². The summed E-state index contributed by atoms with van der Waals surface area (Å²) in [5.74, 6) is 0. The zero-order valence-corrected chi connectivity index (χ0v) is 18.6. The maximum Gasteiger partial charge on any atom is 0.0208 e. The van der Waals surface area contributed by atoms with Gasteiger partial charge in [-0.2, -0.15) is 0 Å². The molecule has 0 bridgehead atoms. The minimum atomic E-state index is 0. The Labute approximate surface area is 234 Å². The summed E-state index contributed by atoms with van der Waals surface area (Å²) in [7, 11) is 0. The normalized spacial score (nSPS) is 8.74. The topological polar surface area (TPSA) is 0 Å². The Morgan fingerprint density at radius 2 is 1.06 bits per heavy atom. The van der Waals surface area contributed by atoms with Crippen molar-refractivity contribution in [1.29, 1.82) is 0 Å². The molecule has 0 spiro atoms. The van der Waals surface area contributed by atoms with E-state index in [0.29, 0.717) is 0 Å². The Balaban J connectivity index is -0.000000150. The average Bonchev–Trinajstić information content (AvgIpc) is 2.75. The van der Waals surface area contributed by atoms with Crippen LogP contribution in [-0.4, -0.2) is 0 Å². The van der Waals surface area contributed by atoms with Gasteiger partial charge >= 0.3 is 0 Å². The van der Waals surface area contributed by atoms with Crippen LogP contribution in [0.15, 0.2) is 91.0 Å². The van der Waals surface area contributed by atoms with Gasteiger partial charge in [0.05, 0.1) is 0 Å². The van der Waals surface area contributed by atoms with E-state index in [1.165, 1.54) is 56.4 Å².